The summed E-state index contributed by atoms with van der Waals surface area (Å²) in [7, 11) is 4.67. The highest BCUT2D eigenvalue weighted by atomic mass is 16.5. The number of carbonyl (C=O) groups excluding carboxylic acids is 2. The van der Waals surface area contributed by atoms with Crippen LogP contribution in [0.2, 0.25) is 0 Å². The van der Waals surface area contributed by atoms with E-state index >= 15 is 0 Å². The molecule has 29 heavy (non-hydrogen) atoms. The van der Waals surface area contributed by atoms with Crippen molar-refractivity contribution in [2.75, 3.05) is 21.1 Å². The van der Waals surface area contributed by atoms with E-state index in [1.807, 2.05) is 60.7 Å². The topological polar surface area (TPSA) is 144 Å². The monoisotopic (exact) mass is 402 g/mol. The molecule has 0 atom stereocenters. The number of rotatable bonds is 4. The van der Waals surface area contributed by atoms with Gasteiger partial charge >= 0.3 is 12.1 Å². The maximum absolute atomic E-state index is 10.8. The number of guanidine groups is 1. The van der Waals surface area contributed by atoms with Crippen molar-refractivity contribution < 1.29 is 14.3 Å². The first-order valence-corrected chi connectivity index (χ1v) is 8.78. The largest absolute Gasteiger partial charge is 0.445 e. The molecule has 0 aliphatic carbocycles. The highest BCUT2D eigenvalue weighted by molar-refractivity contribution is 5.75. The Kier molecular flexibility index (Phi) is 14.3. The van der Waals surface area contributed by atoms with Gasteiger partial charge in [-0.3, -0.25) is 4.99 Å². The number of nitrogens with two attached hydrogens (primary N) is 2. The zero-order valence-electron chi connectivity index (χ0n) is 17.0. The van der Waals surface area contributed by atoms with Gasteiger partial charge in [0.1, 0.15) is 6.61 Å². The number of hydrogen-bond donors (Lipinski definition) is 5. The predicted octanol–water partition coefficient (Wildman–Crippen LogP) is 1.55. The van der Waals surface area contributed by atoms with Crippen molar-refractivity contribution in [3.8, 4) is 0 Å². The molecule has 7 N–H and O–H groups in total. The highest BCUT2D eigenvalue weighted by Crippen LogP contribution is 2.00. The lowest BCUT2D eigenvalue weighted by atomic mass is 10.2. The molecule has 0 aliphatic rings. The van der Waals surface area contributed by atoms with Crippen LogP contribution in [0.5, 0.6) is 0 Å². The molecule has 3 amide bonds. The van der Waals surface area contributed by atoms with Crippen LogP contribution in [-0.4, -0.2) is 39.2 Å². The Morgan fingerprint density at radius 3 is 1.79 bits per heavy atom. The van der Waals surface area contributed by atoms with E-state index in [1.165, 1.54) is 14.1 Å². The fourth-order valence-electron chi connectivity index (χ4n) is 1.66. The summed E-state index contributed by atoms with van der Waals surface area (Å²) in [6.45, 7) is 0.890. The molecule has 0 unspecified atom stereocenters. The second-order valence-electron chi connectivity index (χ2n) is 5.38. The summed E-state index contributed by atoms with van der Waals surface area (Å²) in [5.41, 5.74) is 11.7. The van der Waals surface area contributed by atoms with E-state index in [0.29, 0.717) is 13.2 Å². The van der Waals surface area contributed by atoms with Crippen LogP contribution >= 0.6 is 0 Å². The van der Waals surface area contributed by atoms with Gasteiger partial charge in [-0.25, -0.2) is 9.59 Å². The van der Waals surface area contributed by atoms with Crippen LogP contribution in [0.3, 0.4) is 0 Å². The number of hydrogen-bond acceptors (Lipinski definition) is 4. The number of urea groups is 1. The number of aliphatic imine (C=N–C) groups is 1. The first-order valence-electron chi connectivity index (χ1n) is 8.78. The molecule has 0 radical (unpaired) electrons. The first kappa shape index (κ1) is 25.2. The lowest BCUT2D eigenvalue weighted by molar-refractivity contribution is 0.142. The number of carbonyl (C=O) groups is 2. The normalized spacial score (nSPS) is 8.66. The van der Waals surface area contributed by atoms with Crippen molar-refractivity contribution in [1.82, 2.24) is 16.0 Å². The minimum absolute atomic E-state index is 0.130. The minimum atomic E-state index is -0.404. The second kappa shape index (κ2) is 16.4. The molecule has 0 saturated heterocycles. The molecule has 2 rings (SSSR count). The van der Waals surface area contributed by atoms with Gasteiger partial charge in [-0.2, -0.15) is 0 Å². The molecule has 0 aliphatic heterocycles. The van der Waals surface area contributed by atoms with Crippen molar-refractivity contribution in [1.29, 1.82) is 0 Å². The average Bonchev–Trinajstić information content (AvgIpc) is 2.78. The molecular formula is C20H30N6O3. The Hall–Kier alpha value is -3.75. The fourth-order valence-corrected chi connectivity index (χ4v) is 1.66. The van der Waals surface area contributed by atoms with E-state index in [1.54, 1.807) is 7.05 Å². The Balaban J connectivity index is 0.000000442. The smallest absolute Gasteiger partial charge is 0.407 e. The van der Waals surface area contributed by atoms with Gasteiger partial charge in [0.15, 0.2) is 5.96 Å². The van der Waals surface area contributed by atoms with Gasteiger partial charge in [-0.1, -0.05) is 60.7 Å². The SMILES string of the molecule is CN=C(N)N.CNC(=O)NCc1ccccc1.CNC(=O)OCc1ccccc1. The lowest BCUT2D eigenvalue weighted by Gasteiger charge is -2.03. The third kappa shape index (κ3) is 15.0. The molecule has 2 aromatic carbocycles. The average molecular weight is 402 g/mol. The molecule has 0 saturated carbocycles. The zero-order chi connectivity index (χ0) is 21.9. The van der Waals surface area contributed by atoms with Crippen molar-refractivity contribution >= 4 is 18.1 Å². The summed E-state index contributed by atoms with van der Waals surface area (Å²) in [6.07, 6.45) is -0.404. The molecule has 0 heterocycles. The van der Waals surface area contributed by atoms with Gasteiger partial charge < -0.3 is 32.2 Å². The molecule has 2 aromatic rings. The van der Waals surface area contributed by atoms with Crippen LogP contribution in [0, 0.1) is 0 Å². The van der Waals surface area contributed by atoms with Gasteiger partial charge in [0, 0.05) is 27.7 Å². The maximum Gasteiger partial charge on any atom is 0.407 e. The molecule has 9 nitrogen and oxygen atoms in total. The molecule has 0 spiro atoms. The maximum atomic E-state index is 10.8. The van der Waals surface area contributed by atoms with Crippen molar-refractivity contribution in [2.45, 2.75) is 13.2 Å². The van der Waals surface area contributed by atoms with Gasteiger partial charge in [0.2, 0.25) is 0 Å². The summed E-state index contributed by atoms with van der Waals surface area (Å²) in [4.78, 5) is 24.8. The number of benzene rings is 2. The third-order valence-corrected chi connectivity index (χ3v) is 3.20. The minimum Gasteiger partial charge on any atom is -0.445 e. The van der Waals surface area contributed by atoms with Gasteiger partial charge in [-0.15, -0.1) is 0 Å². The summed E-state index contributed by atoms with van der Waals surface area (Å²) in [5.74, 6) is 0.130. The van der Waals surface area contributed by atoms with E-state index in [0.717, 1.165) is 11.1 Å². The number of ether oxygens (including phenoxy) is 1. The zero-order valence-corrected chi connectivity index (χ0v) is 17.0. The van der Waals surface area contributed by atoms with E-state index < -0.39 is 6.09 Å². The Labute approximate surface area is 171 Å². The van der Waals surface area contributed by atoms with E-state index in [2.05, 4.69) is 20.9 Å². The number of nitrogens with one attached hydrogen (secondary N) is 3. The fraction of sp³-hybridized carbons (Fsp3) is 0.250. The van der Waals surface area contributed by atoms with Gasteiger partial charge in [-0.05, 0) is 11.1 Å². The molecule has 0 bridgehead atoms. The summed E-state index contributed by atoms with van der Waals surface area (Å²) in [6, 6.07) is 19.2. The van der Waals surface area contributed by atoms with Crippen LogP contribution < -0.4 is 27.4 Å². The van der Waals surface area contributed by atoms with Gasteiger partial charge in [0.05, 0.1) is 0 Å². The Morgan fingerprint density at radius 1 is 0.897 bits per heavy atom. The second-order valence-corrected chi connectivity index (χ2v) is 5.38. The molecule has 9 heteroatoms. The van der Waals surface area contributed by atoms with Crippen molar-refractivity contribution in [2.24, 2.45) is 16.5 Å². The van der Waals surface area contributed by atoms with Crippen molar-refractivity contribution in [3.63, 3.8) is 0 Å². The highest BCUT2D eigenvalue weighted by Gasteiger charge is 1.97. The van der Waals surface area contributed by atoms with Crippen LogP contribution in [-0.2, 0) is 17.9 Å². The quantitative estimate of drug-likeness (QED) is 0.389. The third-order valence-electron chi connectivity index (χ3n) is 3.20. The van der Waals surface area contributed by atoms with Crippen LogP contribution in [0.25, 0.3) is 0 Å². The predicted molar refractivity (Wildman–Crippen MR) is 115 cm³/mol. The Bertz CT molecular complexity index is 664. The van der Waals surface area contributed by atoms with E-state index in [4.69, 9.17) is 16.2 Å². The van der Waals surface area contributed by atoms with Gasteiger partial charge in [0.25, 0.3) is 0 Å². The number of amides is 3. The van der Waals surface area contributed by atoms with Crippen LogP contribution in [0.1, 0.15) is 11.1 Å². The molecule has 0 aromatic heterocycles. The van der Waals surface area contributed by atoms with Crippen molar-refractivity contribution in [3.05, 3.63) is 71.8 Å². The van der Waals surface area contributed by atoms with E-state index in [-0.39, 0.29) is 12.0 Å². The molecule has 158 valence electrons. The number of alkyl carbamates (subject to hydrolysis) is 1. The number of nitrogens with zero attached hydrogens (tertiary/aromatic N) is 1. The summed E-state index contributed by atoms with van der Waals surface area (Å²) >= 11 is 0. The molecule has 0 fully saturated rings. The lowest BCUT2D eigenvalue weighted by Crippen LogP contribution is -2.32. The standard InChI is InChI=1S/C9H12N2O.C9H11NO2.C2H7N3/c1-10-9(12)11-7-8-5-3-2-4-6-8;1-10-9(11)12-7-8-5-3-2-4-6-8;1-5-2(3)4/h2-6H,7H2,1H3,(H2,10,11,12);2-6H,7H2,1H3,(H,10,11);1H3,(H4,3,4,5). The summed E-state index contributed by atoms with van der Waals surface area (Å²) < 4.78 is 4.83. The first-order chi connectivity index (χ1) is 13.9. The van der Waals surface area contributed by atoms with Crippen LogP contribution in [0.15, 0.2) is 65.7 Å². The Morgan fingerprint density at radius 2 is 1.38 bits per heavy atom. The van der Waals surface area contributed by atoms with Crippen LogP contribution in [0.4, 0.5) is 9.59 Å². The summed E-state index contributed by atoms with van der Waals surface area (Å²) in [5, 5.41) is 7.56. The molecular weight excluding hydrogens is 372 g/mol. The van der Waals surface area contributed by atoms with E-state index in [9.17, 15) is 9.59 Å².